The number of carbonyl (C=O) groups is 1. The number of nitrogens with zero attached hydrogens (tertiary/aromatic N) is 2. The van der Waals surface area contributed by atoms with Crippen LogP contribution in [0.2, 0.25) is 0 Å². The minimum atomic E-state index is -3.03. The van der Waals surface area contributed by atoms with Crippen LogP contribution in [0.4, 0.5) is 5.69 Å². The maximum atomic E-state index is 12.9. The molecular formula is C25H40N2O4S. The van der Waals surface area contributed by atoms with E-state index in [9.17, 15) is 13.2 Å². The van der Waals surface area contributed by atoms with E-state index in [-0.39, 0.29) is 35.0 Å². The van der Waals surface area contributed by atoms with Crippen molar-refractivity contribution < 1.29 is 17.9 Å². The number of benzene rings is 1. The van der Waals surface area contributed by atoms with Crippen molar-refractivity contribution in [2.75, 3.05) is 30.3 Å². The van der Waals surface area contributed by atoms with Crippen molar-refractivity contribution in [2.24, 2.45) is 5.92 Å². The molecule has 7 heteroatoms. The highest BCUT2D eigenvalue weighted by atomic mass is 32.2. The number of ether oxygens (including phenoxy) is 1. The van der Waals surface area contributed by atoms with Crippen LogP contribution in [-0.2, 0) is 25.8 Å². The Hall–Kier alpha value is -1.60. The zero-order chi connectivity index (χ0) is 23.6. The first-order chi connectivity index (χ1) is 15.0. The Bertz CT molecular complexity index is 907. The predicted molar refractivity (Wildman–Crippen MR) is 130 cm³/mol. The van der Waals surface area contributed by atoms with Crippen molar-refractivity contribution in [3.8, 4) is 0 Å². The molecule has 0 aromatic heterocycles. The van der Waals surface area contributed by atoms with Crippen LogP contribution in [0.3, 0.4) is 0 Å². The van der Waals surface area contributed by atoms with Gasteiger partial charge in [0.1, 0.15) is 0 Å². The van der Waals surface area contributed by atoms with E-state index in [1.54, 1.807) is 13.8 Å². The summed E-state index contributed by atoms with van der Waals surface area (Å²) in [5.74, 6) is 0.533. The summed E-state index contributed by atoms with van der Waals surface area (Å²) in [6, 6.07) is 6.70. The predicted octanol–water partition coefficient (Wildman–Crippen LogP) is 3.60. The standard InChI is InChI=1S/C25H40N2O4S/c1-17(2)32(29,30)16-22-9-11-26(12-10-22)25(28)14-23-7-8-24(13-18(23)3)27-15-19(4)31-21(6)20(27)5/h7-8,13,17,19-22H,9-12,14-16H2,1-6H3/t19-,20?,21+/m0/s1. The largest absolute Gasteiger partial charge is 0.372 e. The van der Waals surface area contributed by atoms with Crippen LogP contribution in [0.25, 0.3) is 0 Å². The fourth-order valence-corrected chi connectivity index (χ4v) is 6.14. The highest BCUT2D eigenvalue weighted by Gasteiger charge is 2.30. The third-order valence-corrected chi connectivity index (χ3v) is 9.60. The molecule has 3 rings (SSSR count). The highest BCUT2D eigenvalue weighted by Crippen LogP contribution is 2.28. The molecule has 2 aliphatic rings. The molecule has 0 radical (unpaired) electrons. The molecule has 1 unspecified atom stereocenters. The molecule has 3 atom stereocenters. The zero-order valence-electron chi connectivity index (χ0n) is 20.5. The smallest absolute Gasteiger partial charge is 0.226 e. The van der Waals surface area contributed by atoms with Crippen LogP contribution < -0.4 is 4.90 Å². The second-order valence-electron chi connectivity index (χ2n) is 10.0. The summed E-state index contributed by atoms with van der Waals surface area (Å²) in [5, 5.41) is -0.333. The monoisotopic (exact) mass is 464 g/mol. The van der Waals surface area contributed by atoms with Gasteiger partial charge in [-0.25, -0.2) is 8.42 Å². The summed E-state index contributed by atoms with van der Waals surface area (Å²) in [5.41, 5.74) is 3.37. The third kappa shape index (κ3) is 5.84. The number of aryl methyl sites for hydroxylation is 1. The Labute approximate surface area is 194 Å². The molecule has 1 aromatic carbocycles. The molecular weight excluding hydrogens is 424 g/mol. The van der Waals surface area contributed by atoms with E-state index in [0.29, 0.717) is 25.6 Å². The molecule has 2 saturated heterocycles. The van der Waals surface area contributed by atoms with Crippen LogP contribution in [0.15, 0.2) is 18.2 Å². The number of amides is 1. The molecule has 32 heavy (non-hydrogen) atoms. The van der Waals surface area contributed by atoms with E-state index < -0.39 is 9.84 Å². The molecule has 0 N–H and O–H groups in total. The quantitative estimate of drug-likeness (QED) is 0.644. The average Bonchev–Trinajstić information content (AvgIpc) is 2.72. The van der Waals surface area contributed by atoms with Gasteiger partial charge in [-0.05, 0) is 83.6 Å². The van der Waals surface area contributed by atoms with Gasteiger partial charge in [0.2, 0.25) is 5.91 Å². The van der Waals surface area contributed by atoms with Crippen LogP contribution in [0.1, 0.15) is 58.6 Å². The number of likely N-dealkylation sites (tertiary alicyclic amines) is 1. The Kier molecular flexibility index (Phi) is 7.92. The maximum Gasteiger partial charge on any atom is 0.226 e. The molecule has 1 aromatic rings. The summed E-state index contributed by atoms with van der Waals surface area (Å²) in [6.07, 6.45) is 2.30. The lowest BCUT2D eigenvalue weighted by atomic mass is 9.97. The molecule has 2 aliphatic heterocycles. The molecule has 6 nitrogen and oxygen atoms in total. The van der Waals surface area contributed by atoms with Gasteiger partial charge in [0.25, 0.3) is 0 Å². The van der Waals surface area contributed by atoms with E-state index in [2.05, 4.69) is 50.8 Å². The van der Waals surface area contributed by atoms with E-state index in [0.717, 1.165) is 30.5 Å². The van der Waals surface area contributed by atoms with Gasteiger partial charge in [-0.1, -0.05) is 6.07 Å². The van der Waals surface area contributed by atoms with Crippen molar-refractivity contribution >= 4 is 21.4 Å². The Morgan fingerprint density at radius 2 is 1.81 bits per heavy atom. The minimum Gasteiger partial charge on any atom is -0.372 e. The maximum absolute atomic E-state index is 12.9. The molecule has 180 valence electrons. The van der Waals surface area contributed by atoms with E-state index in [1.165, 1.54) is 5.69 Å². The van der Waals surface area contributed by atoms with E-state index in [4.69, 9.17) is 4.74 Å². The topological polar surface area (TPSA) is 66.9 Å². The van der Waals surface area contributed by atoms with E-state index in [1.807, 2.05) is 4.90 Å². The molecule has 1 amide bonds. The second-order valence-corrected chi connectivity index (χ2v) is 12.6. The average molecular weight is 465 g/mol. The summed E-state index contributed by atoms with van der Waals surface area (Å²) in [7, 11) is -3.03. The van der Waals surface area contributed by atoms with Crippen LogP contribution in [-0.4, -0.2) is 68.1 Å². The molecule has 2 heterocycles. The molecule has 0 aliphatic carbocycles. The summed E-state index contributed by atoms with van der Waals surface area (Å²) >= 11 is 0. The van der Waals surface area contributed by atoms with Crippen LogP contribution in [0.5, 0.6) is 0 Å². The number of morpholine rings is 1. The first kappa shape index (κ1) is 25.0. The van der Waals surface area contributed by atoms with Gasteiger partial charge in [0.05, 0.1) is 35.7 Å². The van der Waals surface area contributed by atoms with Crippen molar-refractivity contribution in [3.05, 3.63) is 29.3 Å². The lowest BCUT2D eigenvalue weighted by Gasteiger charge is -2.42. The Morgan fingerprint density at radius 1 is 1.16 bits per heavy atom. The number of hydrogen-bond acceptors (Lipinski definition) is 5. The molecule has 0 spiro atoms. The number of hydrogen-bond donors (Lipinski definition) is 0. The van der Waals surface area contributed by atoms with Gasteiger partial charge in [-0.2, -0.15) is 0 Å². The first-order valence-electron chi connectivity index (χ1n) is 12.0. The number of anilines is 1. The molecule has 2 fully saturated rings. The summed E-state index contributed by atoms with van der Waals surface area (Å²) < 4.78 is 30.3. The van der Waals surface area contributed by atoms with Crippen molar-refractivity contribution in [2.45, 2.75) is 84.3 Å². The Morgan fingerprint density at radius 3 is 2.41 bits per heavy atom. The third-order valence-electron chi connectivity index (χ3n) is 7.22. The highest BCUT2D eigenvalue weighted by molar-refractivity contribution is 7.91. The van der Waals surface area contributed by atoms with E-state index >= 15 is 0 Å². The lowest BCUT2D eigenvalue weighted by molar-refractivity contribution is -0.131. The normalized spacial score (nSPS) is 25.4. The van der Waals surface area contributed by atoms with Gasteiger partial charge in [-0.15, -0.1) is 0 Å². The van der Waals surface area contributed by atoms with Gasteiger partial charge in [-0.3, -0.25) is 4.79 Å². The molecule has 0 saturated carbocycles. The Balaban J connectivity index is 1.58. The van der Waals surface area contributed by atoms with Gasteiger partial charge < -0.3 is 14.5 Å². The zero-order valence-corrected chi connectivity index (χ0v) is 21.3. The van der Waals surface area contributed by atoms with Crippen LogP contribution >= 0.6 is 0 Å². The van der Waals surface area contributed by atoms with Crippen molar-refractivity contribution in [3.63, 3.8) is 0 Å². The van der Waals surface area contributed by atoms with Crippen molar-refractivity contribution in [1.82, 2.24) is 4.90 Å². The fraction of sp³-hybridized carbons (Fsp3) is 0.720. The second kappa shape index (κ2) is 10.1. The van der Waals surface area contributed by atoms with Crippen LogP contribution in [0, 0.1) is 12.8 Å². The lowest BCUT2D eigenvalue weighted by Crippen LogP contribution is -2.52. The molecule has 0 bridgehead atoms. The van der Waals surface area contributed by atoms with Crippen molar-refractivity contribution in [1.29, 1.82) is 0 Å². The number of piperidine rings is 1. The number of rotatable bonds is 6. The fourth-order valence-electron chi connectivity index (χ4n) is 4.76. The van der Waals surface area contributed by atoms with Gasteiger partial charge in [0.15, 0.2) is 9.84 Å². The van der Waals surface area contributed by atoms with Gasteiger partial charge in [0, 0.05) is 25.3 Å². The number of carbonyl (C=O) groups excluding carboxylic acids is 1. The summed E-state index contributed by atoms with van der Waals surface area (Å²) in [4.78, 5) is 17.2. The minimum absolute atomic E-state index is 0.132. The van der Waals surface area contributed by atoms with Gasteiger partial charge >= 0.3 is 0 Å². The SMILES string of the molecule is Cc1cc(N2C[C@H](C)O[C@H](C)C2C)ccc1CC(=O)N1CCC(CS(=O)(=O)C(C)C)CC1. The number of sulfone groups is 1. The first-order valence-corrected chi connectivity index (χ1v) is 13.7. The summed E-state index contributed by atoms with van der Waals surface area (Å²) in [6.45, 7) is 14.1.